The Labute approximate surface area is 198 Å². The molecule has 0 spiro atoms. The van der Waals surface area contributed by atoms with Gasteiger partial charge in [0, 0.05) is 38.0 Å². The maximum Gasteiger partial charge on any atom is 0.407 e. The van der Waals surface area contributed by atoms with Crippen LogP contribution >= 0.6 is 0 Å². The summed E-state index contributed by atoms with van der Waals surface area (Å²) in [6.07, 6.45) is 0.708. The Morgan fingerprint density at radius 3 is 2.32 bits per heavy atom. The molecule has 2 amide bonds. The first-order chi connectivity index (χ1) is 16.5. The Balaban J connectivity index is 1.23. The van der Waals surface area contributed by atoms with Gasteiger partial charge in [0.25, 0.3) is 0 Å². The van der Waals surface area contributed by atoms with Crippen molar-refractivity contribution in [3.05, 3.63) is 59.7 Å². The molecule has 0 saturated carbocycles. The molecule has 2 unspecified atom stereocenters. The highest BCUT2D eigenvalue weighted by Crippen LogP contribution is 2.44. The van der Waals surface area contributed by atoms with E-state index in [4.69, 9.17) is 14.6 Å². The summed E-state index contributed by atoms with van der Waals surface area (Å²) in [4.78, 5) is 35.4. The molecule has 3 N–H and O–H groups in total. The van der Waals surface area contributed by atoms with Crippen LogP contribution in [-0.2, 0) is 19.1 Å². The van der Waals surface area contributed by atoms with E-state index in [9.17, 15) is 14.4 Å². The number of benzene rings is 2. The number of hydrogen-bond acceptors (Lipinski definition) is 5. The molecule has 1 fully saturated rings. The molecule has 2 aromatic rings. The third-order valence-corrected chi connectivity index (χ3v) is 6.44. The average molecular weight is 467 g/mol. The van der Waals surface area contributed by atoms with Crippen molar-refractivity contribution >= 4 is 18.0 Å². The number of unbranched alkanes of at least 4 members (excludes halogenated alkanes) is 1. The van der Waals surface area contributed by atoms with Crippen molar-refractivity contribution in [3.8, 4) is 11.1 Å². The normalized spacial score (nSPS) is 18.7. The predicted octanol–water partition coefficient (Wildman–Crippen LogP) is 3.30. The van der Waals surface area contributed by atoms with Gasteiger partial charge in [-0.25, -0.2) is 4.79 Å². The minimum Gasteiger partial charge on any atom is -0.481 e. The highest BCUT2D eigenvalue weighted by atomic mass is 16.5. The number of carboxylic acid groups (broad SMARTS) is 1. The summed E-state index contributed by atoms with van der Waals surface area (Å²) in [5.74, 6) is -1.22. The van der Waals surface area contributed by atoms with E-state index in [2.05, 4.69) is 34.9 Å². The zero-order valence-corrected chi connectivity index (χ0v) is 19.0. The quantitative estimate of drug-likeness (QED) is 0.463. The minimum absolute atomic E-state index is 0.00684. The lowest BCUT2D eigenvalue weighted by Gasteiger charge is -2.19. The van der Waals surface area contributed by atoms with Gasteiger partial charge in [-0.1, -0.05) is 48.5 Å². The van der Waals surface area contributed by atoms with E-state index < -0.39 is 18.2 Å². The van der Waals surface area contributed by atoms with Gasteiger partial charge in [-0.2, -0.15) is 0 Å². The van der Waals surface area contributed by atoms with E-state index in [0.717, 1.165) is 11.1 Å². The standard InChI is InChI=1S/C26H30N2O6/c29-23(30)11-5-6-13-27-25(31)24-17(12-14-33-24)15-28-26(32)34-16-22-20-9-3-1-7-18(20)19-8-2-4-10-21(19)22/h1-4,7-10,17,22,24H,5-6,11-16H2,(H,27,31)(H,28,32)(H,29,30). The fraction of sp³-hybridized carbons (Fsp3) is 0.423. The summed E-state index contributed by atoms with van der Waals surface area (Å²) in [7, 11) is 0. The Bertz CT molecular complexity index is 994. The summed E-state index contributed by atoms with van der Waals surface area (Å²) in [5.41, 5.74) is 4.65. The second-order valence-electron chi connectivity index (χ2n) is 8.69. The molecule has 0 radical (unpaired) electrons. The van der Waals surface area contributed by atoms with E-state index in [1.807, 2.05) is 24.3 Å². The van der Waals surface area contributed by atoms with Crippen LogP contribution in [0.3, 0.4) is 0 Å². The van der Waals surface area contributed by atoms with Gasteiger partial charge in [0.2, 0.25) is 5.91 Å². The summed E-state index contributed by atoms with van der Waals surface area (Å²) < 4.78 is 11.1. The number of fused-ring (bicyclic) bond motifs is 3. The number of carboxylic acids is 1. The van der Waals surface area contributed by atoms with Gasteiger partial charge in [0.15, 0.2) is 0 Å². The molecule has 1 heterocycles. The molecule has 1 saturated heterocycles. The molecule has 0 bridgehead atoms. The molecule has 4 rings (SSSR count). The van der Waals surface area contributed by atoms with Gasteiger partial charge in [-0.3, -0.25) is 9.59 Å². The molecule has 180 valence electrons. The summed E-state index contributed by atoms with van der Waals surface area (Å²) in [6, 6.07) is 16.3. The lowest BCUT2D eigenvalue weighted by molar-refractivity contribution is -0.137. The molecule has 34 heavy (non-hydrogen) atoms. The lowest BCUT2D eigenvalue weighted by atomic mass is 9.98. The highest BCUT2D eigenvalue weighted by Gasteiger charge is 2.34. The molecular formula is C26H30N2O6. The maximum atomic E-state index is 12.4. The number of nitrogens with one attached hydrogen (secondary N) is 2. The van der Waals surface area contributed by atoms with Gasteiger partial charge in [-0.15, -0.1) is 0 Å². The molecule has 2 aliphatic rings. The van der Waals surface area contributed by atoms with Crippen molar-refractivity contribution in [2.45, 2.75) is 37.7 Å². The molecule has 1 aliphatic heterocycles. The zero-order chi connectivity index (χ0) is 23.9. The number of carbonyl (C=O) groups excluding carboxylic acids is 2. The van der Waals surface area contributed by atoms with E-state index in [1.165, 1.54) is 11.1 Å². The zero-order valence-electron chi connectivity index (χ0n) is 19.0. The fourth-order valence-corrected chi connectivity index (χ4v) is 4.71. The first kappa shape index (κ1) is 23.8. The van der Waals surface area contributed by atoms with Gasteiger partial charge < -0.3 is 25.2 Å². The van der Waals surface area contributed by atoms with Crippen molar-refractivity contribution in [2.24, 2.45) is 5.92 Å². The number of alkyl carbamates (subject to hydrolysis) is 1. The van der Waals surface area contributed by atoms with E-state index in [0.29, 0.717) is 32.4 Å². The third kappa shape index (κ3) is 5.56. The Kier molecular flexibility index (Phi) is 7.80. The van der Waals surface area contributed by atoms with Crippen LogP contribution in [0, 0.1) is 5.92 Å². The maximum absolute atomic E-state index is 12.4. The SMILES string of the molecule is O=C(O)CCCCNC(=O)C1OCCC1CNC(=O)OCC1c2ccccc2-c2ccccc21. The number of ether oxygens (including phenoxy) is 2. The lowest BCUT2D eigenvalue weighted by Crippen LogP contribution is -2.42. The molecule has 8 nitrogen and oxygen atoms in total. The van der Waals surface area contributed by atoms with Crippen molar-refractivity contribution in [3.63, 3.8) is 0 Å². The van der Waals surface area contributed by atoms with Crippen molar-refractivity contribution in [2.75, 3.05) is 26.3 Å². The van der Waals surface area contributed by atoms with Gasteiger partial charge >= 0.3 is 12.1 Å². The first-order valence-electron chi connectivity index (χ1n) is 11.7. The molecule has 0 aromatic heterocycles. The summed E-state index contributed by atoms with van der Waals surface area (Å²) in [5, 5.41) is 14.2. The number of amides is 2. The number of carbonyl (C=O) groups is 3. The number of rotatable bonds is 10. The van der Waals surface area contributed by atoms with Crippen LogP contribution in [-0.4, -0.2) is 55.5 Å². The van der Waals surface area contributed by atoms with Gasteiger partial charge in [0.1, 0.15) is 12.7 Å². The van der Waals surface area contributed by atoms with Crippen LogP contribution < -0.4 is 10.6 Å². The van der Waals surface area contributed by atoms with Crippen LogP contribution in [0.4, 0.5) is 4.79 Å². The first-order valence-corrected chi connectivity index (χ1v) is 11.7. The molecule has 2 aromatic carbocycles. The second kappa shape index (κ2) is 11.2. The monoisotopic (exact) mass is 466 g/mol. The van der Waals surface area contributed by atoms with Crippen LogP contribution in [0.1, 0.15) is 42.7 Å². The van der Waals surface area contributed by atoms with Crippen LogP contribution in [0.5, 0.6) is 0 Å². The van der Waals surface area contributed by atoms with Crippen LogP contribution in [0.15, 0.2) is 48.5 Å². The predicted molar refractivity (Wildman–Crippen MR) is 125 cm³/mol. The van der Waals surface area contributed by atoms with Crippen LogP contribution in [0.2, 0.25) is 0 Å². The Hall–Kier alpha value is -3.39. The summed E-state index contributed by atoms with van der Waals surface area (Å²) in [6.45, 7) is 1.38. The fourth-order valence-electron chi connectivity index (χ4n) is 4.71. The Morgan fingerprint density at radius 2 is 1.65 bits per heavy atom. The van der Waals surface area contributed by atoms with E-state index >= 15 is 0 Å². The van der Waals surface area contributed by atoms with Crippen molar-refractivity contribution in [1.29, 1.82) is 0 Å². The van der Waals surface area contributed by atoms with Gasteiger partial charge in [-0.05, 0) is 41.5 Å². The van der Waals surface area contributed by atoms with E-state index in [-0.39, 0.29) is 37.3 Å². The molecule has 2 atom stereocenters. The van der Waals surface area contributed by atoms with Gasteiger partial charge in [0.05, 0.1) is 0 Å². The highest BCUT2D eigenvalue weighted by molar-refractivity contribution is 5.81. The smallest absolute Gasteiger partial charge is 0.407 e. The molecule has 1 aliphatic carbocycles. The topological polar surface area (TPSA) is 114 Å². The molecular weight excluding hydrogens is 436 g/mol. The average Bonchev–Trinajstić information content (AvgIpc) is 3.44. The molecule has 8 heteroatoms. The number of aliphatic carboxylic acids is 1. The summed E-state index contributed by atoms with van der Waals surface area (Å²) >= 11 is 0. The van der Waals surface area contributed by atoms with E-state index in [1.54, 1.807) is 0 Å². The Morgan fingerprint density at radius 1 is 0.971 bits per heavy atom. The number of hydrogen-bond donors (Lipinski definition) is 3. The second-order valence-corrected chi connectivity index (χ2v) is 8.69. The third-order valence-electron chi connectivity index (χ3n) is 6.44. The van der Waals surface area contributed by atoms with Crippen molar-refractivity contribution in [1.82, 2.24) is 10.6 Å². The van der Waals surface area contributed by atoms with Crippen molar-refractivity contribution < 1.29 is 29.0 Å². The minimum atomic E-state index is -0.843. The van der Waals surface area contributed by atoms with Crippen LogP contribution in [0.25, 0.3) is 11.1 Å². The largest absolute Gasteiger partial charge is 0.481 e.